The van der Waals surface area contributed by atoms with Crippen molar-refractivity contribution < 1.29 is 4.74 Å². The predicted molar refractivity (Wildman–Crippen MR) is 79.7 cm³/mol. The van der Waals surface area contributed by atoms with E-state index in [0.717, 1.165) is 29.2 Å². The number of nitrogens with one attached hydrogen (secondary N) is 1. The minimum Gasteiger partial charge on any atom is -0.491 e. The van der Waals surface area contributed by atoms with Crippen LogP contribution in [0.3, 0.4) is 0 Å². The molecule has 0 saturated carbocycles. The van der Waals surface area contributed by atoms with Gasteiger partial charge in [-0.3, -0.25) is 0 Å². The summed E-state index contributed by atoms with van der Waals surface area (Å²) in [5.74, 6) is 1.67. The van der Waals surface area contributed by atoms with Gasteiger partial charge in [0.1, 0.15) is 17.9 Å². The van der Waals surface area contributed by atoms with E-state index in [1.807, 2.05) is 18.2 Å². The predicted octanol–water partition coefficient (Wildman–Crippen LogP) is 2.41. The summed E-state index contributed by atoms with van der Waals surface area (Å²) in [4.78, 5) is 17.8. The maximum absolute atomic E-state index is 6.01. The molecule has 0 bridgehead atoms. The second kappa shape index (κ2) is 4.89. The van der Waals surface area contributed by atoms with E-state index < -0.39 is 0 Å². The molecule has 21 heavy (non-hydrogen) atoms. The number of hydrogen-bond donors (Lipinski definition) is 1. The lowest BCUT2D eigenvalue weighted by Gasteiger charge is -2.21. The lowest BCUT2D eigenvalue weighted by Crippen LogP contribution is -2.26. The topological polar surface area (TPSA) is 66.9 Å². The zero-order valence-electron chi connectivity index (χ0n) is 11.1. The number of H-pyrrole nitrogens is 1. The van der Waals surface area contributed by atoms with E-state index in [4.69, 9.17) is 16.3 Å². The van der Waals surface area contributed by atoms with Crippen molar-refractivity contribution in [3.05, 3.63) is 41.4 Å². The largest absolute Gasteiger partial charge is 0.491 e. The molecular weight excluding hydrogens is 290 g/mol. The third-order valence-electron chi connectivity index (χ3n) is 3.49. The third kappa shape index (κ3) is 2.17. The van der Waals surface area contributed by atoms with Gasteiger partial charge < -0.3 is 14.6 Å². The number of aromatic nitrogens is 4. The van der Waals surface area contributed by atoms with Crippen LogP contribution >= 0.6 is 11.6 Å². The molecule has 1 aliphatic rings. The van der Waals surface area contributed by atoms with Crippen molar-refractivity contribution in [2.24, 2.45) is 0 Å². The van der Waals surface area contributed by atoms with E-state index in [-0.39, 0.29) is 5.28 Å². The van der Waals surface area contributed by atoms with Gasteiger partial charge in [-0.2, -0.15) is 9.97 Å². The van der Waals surface area contributed by atoms with Gasteiger partial charge in [0.25, 0.3) is 0 Å². The molecule has 0 radical (unpaired) electrons. The molecule has 0 fully saturated rings. The molecule has 1 N–H and O–H groups in total. The van der Waals surface area contributed by atoms with Crippen LogP contribution in [0.4, 0.5) is 5.82 Å². The molecule has 1 aliphatic heterocycles. The Morgan fingerprint density at radius 2 is 2.14 bits per heavy atom. The summed E-state index contributed by atoms with van der Waals surface area (Å²) in [6.07, 6.45) is 1.60. The summed E-state index contributed by atoms with van der Waals surface area (Å²) < 4.78 is 5.78. The van der Waals surface area contributed by atoms with Gasteiger partial charge in [-0.05, 0) is 17.7 Å². The first-order valence-corrected chi connectivity index (χ1v) is 7.01. The van der Waals surface area contributed by atoms with E-state index in [1.165, 1.54) is 0 Å². The highest BCUT2D eigenvalue weighted by Gasteiger charge is 2.20. The highest BCUT2D eigenvalue weighted by molar-refractivity contribution is 6.28. The van der Waals surface area contributed by atoms with Gasteiger partial charge >= 0.3 is 0 Å². The molecule has 0 atom stereocenters. The molecule has 0 aliphatic carbocycles. The Bertz CT molecular complexity index is 803. The molecule has 0 amide bonds. The zero-order valence-corrected chi connectivity index (χ0v) is 11.8. The molecule has 2 aromatic heterocycles. The van der Waals surface area contributed by atoms with Crippen LogP contribution in [-0.4, -0.2) is 33.1 Å². The van der Waals surface area contributed by atoms with Crippen molar-refractivity contribution in [2.45, 2.75) is 6.54 Å². The van der Waals surface area contributed by atoms with Gasteiger partial charge in [0.15, 0.2) is 11.5 Å². The number of aromatic amines is 1. The number of imidazole rings is 1. The lowest BCUT2D eigenvalue weighted by molar-refractivity contribution is 0.331. The first-order chi connectivity index (χ1) is 10.3. The van der Waals surface area contributed by atoms with Crippen molar-refractivity contribution in [3.8, 4) is 5.75 Å². The molecule has 3 aromatic rings. The quantitative estimate of drug-likeness (QED) is 0.699. The Labute approximate surface area is 125 Å². The van der Waals surface area contributed by atoms with Gasteiger partial charge in [-0.15, -0.1) is 0 Å². The van der Waals surface area contributed by atoms with E-state index in [2.05, 4.69) is 30.9 Å². The fourth-order valence-corrected chi connectivity index (χ4v) is 2.69. The van der Waals surface area contributed by atoms with Crippen LogP contribution in [0.25, 0.3) is 11.2 Å². The van der Waals surface area contributed by atoms with Crippen LogP contribution < -0.4 is 9.64 Å². The van der Waals surface area contributed by atoms with E-state index in [0.29, 0.717) is 18.8 Å². The normalized spacial score (nSPS) is 14.6. The average molecular weight is 302 g/mol. The number of anilines is 1. The first kappa shape index (κ1) is 12.4. The number of ether oxygens (including phenoxy) is 1. The molecule has 4 rings (SSSR count). The lowest BCUT2D eigenvalue weighted by atomic mass is 10.2. The van der Waals surface area contributed by atoms with Gasteiger partial charge in [-0.25, -0.2) is 4.98 Å². The van der Waals surface area contributed by atoms with Gasteiger partial charge in [0.2, 0.25) is 5.28 Å². The molecule has 6 nitrogen and oxygen atoms in total. The van der Waals surface area contributed by atoms with Crippen molar-refractivity contribution in [1.29, 1.82) is 0 Å². The van der Waals surface area contributed by atoms with E-state index >= 15 is 0 Å². The van der Waals surface area contributed by atoms with Crippen molar-refractivity contribution in [2.75, 3.05) is 18.1 Å². The highest BCUT2D eigenvalue weighted by atomic mass is 35.5. The second-order valence-corrected chi connectivity index (χ2v) is 5.13. The van der Waals surface area contributed by atoms with Crippen molar-refractivity contribution in [3.63, 3.8) is 0 Å². The van der Waals surface area contributed by atoms with Crippen LogP contribution in [0.5, 0.6) is 5.75 Å². The van der Waals surface area contributed by atoms with Gasteiger partial charge in [0, 0.05) is 12.1 Å². The number of benzene rings is 1. The van der Waals surface area contributed by atoms with Crippen molar-refractivity contribution in [1.82, 2.24) is 19.9 Å². The molecule has 7 heteroatoms. The summed E-state index contributed by atoms with van der Waals surface area (Å²) in [7, 11) is 0. The number of rotatable bonds is 1. The van der Waals surface area contributed by atoms with Crippen molar-refractivity contribution >= 4 is 28.6 Å². The van der Waals surface area contributed by atoms with Crippen LogP contribution in [0.2, 0.25) is 5.28 Å². The maximum Gasteiger partial charge on any atom is 0.226 e. The minimum absolute atomic E-state index is 0.197. The number of nitrogens with zero attached hydrogens (tertiary/aromatic N) is 4. The summed E-state index contributed by atoms with van der Waals surface area (Å²) in [6, 6.07) is 8.02. The highest BCUT2D eigenvalue weighted by Crippen LogP contribution is 2.28. The Hall–Kier alpha value is -2.34. The van der Waals surface area contributed by atoms with E-state index in [1.54, 1.807) is 6.33 Å². The number of para-hydroxylation sites is 1. The number of fused-ring (bicyclic) bond motifs is 2. The van der Waals surface area contributed by atoms with Crippen LogP contribution in [0, 0.1) is 0 Å². The molecule has 3 heterocycles. The van der Waals surface area contributed by atoms with Crippen LogP contribution in [0.1, 0.15) is 5.56 Å². The molecule has 0 unspecified atom stereocenters. The Kier molecular flexibility index (Phi) is 2.89. The number of halogens is 1. The third-order valence-corrected chi connectivity index (χ3v) is 3.66. The van der Waals surface area contributed by atoms with Gasteiger partial charge in [-0.1, -0.05) is 18.2 Å². The molecule has 106 valence electrons. The smallest absolute Gasteiger partial charge is 0.226 e. The Morgan fingerprint density at radius 3 is 3.10 bits per heavy atom. The molecule has 0 saturated heterocycles. The summed E-state index contributed by atoms with van der Waals surface area (Å²) in [6.45, 7) is 2.02. The maximum atomic E-state index is 6.01. The second-order valence-electron chi connectivity index (χ2n) is 4.80. The standard InChI is InChI=1S/C14H12ClN5O/c15-14-18-12-11(16-8-17-12)13(19-14)20-5-6-21-10-4-2-1-3-9(10)7-20/h1-4,8H,5-7H2,(H,16,17,18,19). The molecule has 1 aromatic carbocycles. The van der Waals surface area contributed by atoms with E-state index in [9.17, 15) is 0 Å². The molecule has 0 spiro atoms. The summed E-state index contributed by atoms with van der Waals surface area (Å²) in [5, 5.41) is 0.197. The zero-order chi connectivity index (χ0) is 14.2. The first-order valence-electron chi connectivity index (χ1n) is 6.63. The fourth-order valence-electron chi connectivity index (χ4n) is 2.53. The molecular formula is C14H12ClN5O. The minimum atomic E-state index is 0.197. The average Bonchev–Trinajstić information content (AvgIpc) is 2.84. The van der Waals surface area contributed by atoms with Gasteiger partial charge in [0.05, 0.1) is 12.9 Å². The number of hydrogen-bond acceptors (Lipinski definition) is 5. The monoisotopic (exact) mass is 301 g/mol. The SMILES string of the molecule is Clc1nc(N2CCOc3ccccc3C2)c2[nH]cnc2n1. The fraction of sp³-hybridized carbons (Fsp3) is 0.214. The summed E-state index contributed by atoms with van der Waals surface area (Å²) >= 11 is 6.01. The van der Waals surface area contributed by atoms with Crippen LogP contribution in [0.15, 0.2) is 30.6 Å². The Balaban J connectivity index is 1.80. The summed E-state index contributed by atoms with van der Waals surface area (Å²) in [5.41, 5.74) is 2.49. The Morgan fingerprint density at radius 1 is 1.24 bits per heavy atom. The van der Waals surface area contributed by atoms with Crippen LogP contribution in [-0.2, 0) is 6.54 Å².